The minimum absolute atomic E-state index is 0.421. The van der Waals surface area contributed by atoms with Crippen LogP contribution in [0.3, 0.4) is 0 Å². The average molecular weight is 409 g/mol. The minimum Gasteiger partial charge on any atom is -0.303 e. The molecule has 2 aromatic rings. The van der Waals surface area contributed by atoms with Crippen LogP contribution in [0, 0.1) is 24.5 Å². The summed E-state index contributed by atoms with van der Waals surface area (Å²) in [5.41, 5.74) is 2.97. The van der Waals surface area contributed by atoms with Gasteiger partial charge in [-0.15, -0.1) is 0 Å². The summed E-state index contributed by atoms with van der Waals surface area (Å²) >= 11 is 5.71. The summed E-state index contributed by atoms with van der Waals surface area (Å²) in [7, 11) is 0. The first-order valence-corrected chi connectivity index (χ1v) is 10.5. The largest absolute Gasteiger partial charge is 0.303 e. The van der Waals surface area contributed by atoms with E-state index in [-0.39, 0.29) is 0 Å². The number of pyridine rings is 1. The van der Waals surface area contributed by atoms with Crippen LogP contribution >= 0.6 is 11.6 Å². The zero-order valence-electron chi connectivity index (χ0n) is 17.1. The number of nitrogens with zero attached hydrogens (tertiary/aromatic N) is 2. The van der Waals surface area contributed by atoms with Gasteiger partial charge in [-0.1, -0.05) is 44.0 Å². The molecule has 1 saturated heterocycles. The molecule has 28 heavy (non-hydrogen) atoms. The van der Waals surface area contributed by atoms with Gasteiger partial charge in [0, 0.05) is 18.3 Å². The summed E-state index contributed by atoms with van der Waals surface area (Å²) in [6.07, 6.45) is 5.37. The maximum atomic E-state index is 13.4. The number of hydrogen-bond acceptors (Lipinski definition) is 2. The SMILES string of the molecule is CC1CCN(CCc2ccc(F)cc2F)CC1.CCCc1ccc(Cl)nc1C. The van der Waals surface area contributed by atoms with E-state index in [9.17, 15) is 8.78 Å². The van der Waals surface area contributed by atoms with Gasteiger partial charge in [-0.3, -0.25) is 0 Å². The number of piperidine rings is 1. The molecule has 0 unspecified atom stereocenters. The van der Waals surface area contributed by atoms with Crippen molar-refractivity contribution in [2.24, 2.45) is 5.92 Å². The van der Waals surface area contributed by atoms with E-state index in [0.717, 1.165) is 50.2 Å². The number of aromatic nitrogens is 1. The van der Waals surface area contributed by atoms with Gasteiger partial charge in [-0.25, -0.2) is 13.8 Å². The smallest absolute Gasteiger partial charge is 0.129 e. The Kier molecular flexibility index (Phi) is 9.33. The third-order valence-electron chi connectivity index (χ3n) is 5.27. The third kappa shape index (κ3) is 7.48. The maximum Gasteiger partial charge on any atom is 0.129 e. The zero-order chi connectivity index (χ0) is 20.5. The quantitative estimate of drug-likeness (QED) is 0.544. The second-order valence-corrected chi connectivity index (χ2v) is 8.03. The number of aryl methyl sites for hydroxylation is 2. The topological polar surface area (TPSA) is 16.1 Å². The summed E-state index contributed by atoms with van der Waals surface area (Å²) in [5.74, 6) is -0.109. The van der Waals surface area contributed by atoms with E-state index in [1.165, 1.54) is 24.5 Å². The molecule has 1 aliphatic heterocycles. The van der Waals surface area contributed by atoms with Crippen molar-refractivity contribution in [3.8, 4) is 0 Å². The standard InChI is InChI=1S/C14H19F2N.C9H12ClN/c1-11-4-7-17(8-5-11)9-6-12-2-3-13(15)10-14(12)16;1-3-4-8-5-6-9(10)11-7(8)2/h2-3,10-11H,4-9H2,1H3;5-6H,3-4H2,1-2H3. The van der Waals surface area contributed by atoms with Gasteiger partial charge >= 0.3 is 0 Å². The summed E-state index contributed by atoms with van der Waals surface area (Å²) in [4.78, 5) is 6.52. The molecule has 3 rings (SSSR count). The molecule has 1 aromatic heterocycles. The van der Waals surface area contributed by atoms with E-state index in [0.29, 0.717) is 17.1 Å². The molecule has 0 saturated carbocycles. The van der Waals surface area contributed by atoms with Crippen LogP contribution in [0.5, 0.6) is 0 Å². The molecule has 0 spiro atoms. The molecule has 5 heteroatoms. The molecule has 0 N–H and O–H groups in total. The lowest BCUT2D eigenvalue weighted by Crippen LogP contribution is -2.34. The summed E-state index contributed by atoms with van der Waals surface area (Å²) in [6, 6.07) is 7.75. The van der Waals surface area contributed by atoms with Crippen molar-refractivity contribution >= 4 is 11.6 Å². The maximum absolute atomic E-state index is 13.4. The molecule has 154 valence electrons. The molecular formula is C23H31ClF2N2. The van der Waals surface area contributed by atoms with Crippen molar-refractivity contribution in [3.05, 3.63) is 63.9 Å². The molecule has 0 aliphatic carbocycles. The third-order valence-corrected chi connectivity index (χ3v) is 5.48. The highest BCUT2D eigenvalue weighted by atomic mass is 35.5. The normalized spacial score (nSPS) is 15.2. The van der Waals surface area contributed by atoms with Gasteiger partial charge in [-0.05, 0) is 74.9 Å². The van der Waals surface area contributed by atoms with Crippen molar-refractivity contribution in [2.75, 3.05) is 19.6 Å². The molecule has 2 nitrogen and oxygen atoms in total. The highest BCUT2D eigenvalue weighted by Gasteiger charge is 2.15. The van der Waals surface area contributed by atoms with Gasteiger partial charge in [0.25, 0.3) is 0 Å². The van der Waals surface area contributed by atoms with Crippen LogP contribution in [0.1, 0.15) is 49.9 Å². The van der Waals surface area contributed by atoms with E-state index in [1.807, 2.05) is 19.1 Å². The minimum atomic E-state index is -0.502. The van der Waals surface area contributed by atoms with E-state index in [2.05, 4.69) is 23.7 Å². The number of likely N-dealkylation sites (tertiary alicyclic amines) is 1. The van der Waals surface area contributed by atoms with E-state index < -0.39 is 11.6 Å². The lowest BCUT2D eigenvalue weighted by molar-refractivity contribution is 0.194. The van der Waals surface area contributed by atoms with Crippen LogP contribution in [0.15, 0.2) is 30.3 Å². The Balaban J connectivity index is 0.000000221. The molecule has 1 aliphatic rings. The van der Waals surface area contributed by atoms with Crippen LogP contribution in [-0.4, -0.2) is 29.5 Å². The fourth-order valence-corrected chi connectivity index (χ4v) is 3.57. The summed E-state index contributed by atoms with van der Waals surface area (Å²) < 4.78 is 26.1. The Hall–Kier alpha value is -1.52. The number of halogens is 3. The van der Waals surface area contributed by atoms with Gasteiger partial charge < -0.3 is 4.90 Å². The number of benzene rings is 1. The first-order valence-electron chi connectivity index (χ1n) is 10.2. The molecule has 0 bridgehead atoms. The van der Waals surface area contributed by atoms with Crippen LogP contribution < -0.4 is 0 Å². The van der Waals surface area contributed by atoms with Gasteiger partial charge in [0.05, 0.1) is 0 Å². The van der Waals surface area contributed by atoms with Gasteiger partial charge in [0.1, 0.15) is 16.8 Å². The molecule has 0 atom stereocenters. The number of rotatable bonds is 5. The fraction of sp³-hybridized carbons (Fsp3) is 0.522. The molecule has 1 aromatic carbocycles. The van der Waals surface area contributed by atoms with Crippen molar-refractivity contribution in [1.29, 1.82) is 0 Å². The highest BCUT2D eigenvalue weighted by Crippen LogP contribution is 2.17. The lowest BCUT2D eigenvalue weighted by Gasteiger charge is -2.30. The predicted octanol–water partition coefficient (Wildman–Crippen LogP) is 6.24. The van der Waals surface area contributed by atoms with Gasteiger partial charge in [0.2, 0.25) is 0 Å². The van der Waals surface area contributed by atoms with Crippen molar-refractivity contribution < 1.29 is 8.78 Å². The Morgan fingerprint density at radius 3 is 2.36 bits per heavy atom. The lowest BCUT2D eigenvalue weighted by atomic mass is 9.99. The van der Waals surface area contributed by atoms with Crippen LogP contribution in [0.4, 0.5) is 8.78 Å². The Labute approximate surface area is 172 Å². The Morgan fingerprint density at radius 2 is 1.75 bits per heavy atom. The molecule has 0 radical (unpaired) electrons. The second kappa shape index (κ2) is 11.5. The highest BCUT2D eigenvalue weighted by molar-refractivity contribution is 6.29. The molecule has 0 amide bonds. The second-order valence-electron chi connectivity index (χ2n) is 7.64. The predicted molar refractivity (Wildman–Crippen MR) is 113 cm³/mol. The van der Waals surface area contributed by atoms with Gasteiger partial charge in [0.15, 0.2) is 0 Å². The van der Waals surface area contributed by atoms with Crippen LogP contribution in [-0.2, 0) is 12.8 Å². The zero-order valence-corrected chi connectivity index (χ0v) is 17.9. The number of hydrogen-bond donors (Lipinski definition) is 0. The fourth-order valence-electron chi connectivity index (χ4n) is 3.38. The molecule has 2 heterocycles. The van der Waals surface area contributed by atoms with Gasteiger partial charge in [-0.2, -0.15) is 0 Å². The Morgan fingerprint density at radius 1 is 1.07 bits per heavy atom. The Bertz CT molecular complexity index is 743. The first kappa shape index (κ1) is 22.8. The van der Waals surface area contributed by atoms with Crippen molar-refractivity contribution in [3.63, 3.8) is 0 Å². The summed E-state index contributed by atoms with van der Waals surface area (Å²) in [5, 5.41) is 0.586. The van der Waals surface area contributed by atoms with Crippen LogP contribution in [0.2, 0.25) is 5.15 Å². The van der Waals surface area contributed by atoms with E-state index >= 15 is 0 Å². The first-order chi connectivity index (χ1) is 13.4. The molecular weight excluding hydrogens is 378 g/mol. The monoisotopic (exact) mass is 408 g/mol. The van der Waals surface area contributed by atoms with E-state index in [4.69, 9.17) is 11.6 Å². The van der Waals surface area contributed by atoms with Crippen molar-refractivity contribution in [1.82, 2.24) is 9.88 Å². The summed E-state index contributed by atoms with van der Waals surface area (Å²) in [6.45, 7) is 9.51. The molecule has 1 fully saturated rings. The van der Waals surface area contributed by atoms with Crippen LogP contribution in [0.25, 0.3) is 0 Å². The van der Waals surface area contributed by atoms with Crippen molar-refractivity contribution in [2.45, 2.75) is 52.9 Å². The average Bonchev–Trinajstić information content (AvgIpc) is 2.65. The van der Waals surface area contributed by atoms with E-state index in [1.54, 1.807) is 6.07 Å².